The monoisotopic (exact) mass is 308 g/mol. The molecule has 5 heteroatoms. The summed E-state index contributed by atoms with van der Waals surface area (Å²) in [5.74, 6) is 0.125. The van der Waals surface area contributed by atoms with Crippen LogP contribution in [0.1, 0.15) is 31.2 Å². The summed E-state index contributed by atoms with van der Waals surface area (Å²) in [5.41, 5.74) is 1.09. The number of methoxy groups -OCH3 is 1. The first-order valence-electron chi connectivity index (χ1n) is 7.91. The molecular formula is C17H25FN2O2. The Kier molecular flexibility index (Phi) is 6.19. The number of amides is 2. The maximum absolute atomic E-state index is 13.8. The summed E-state index contributed by atoms with van der Waals surface area (Å²) < 4.78 is 18.9. The van der Waals surface area contributed by atoms with E-state index in [4.69, 9.17) is 4.74 Å². The highest BCUT2D eigenvalue weighted by Crippen LogP contribution is 2.22. The molecule has 1 heterocycles. The fraction of sp³-hybridized carbons (Fsp3) is 0.588. The molecule has 1 aliphatic heterocycles. The topological polar surface area (TPSA) is 41.6 Å². The van der Waals surface area contributed by atoms with E-state index in [0.29, 0.717) is 5.92 Å². The van der Waals surface area contributed by atoms with Crippen molar-refractivity contribution in [1.29, 1.82) is 0 Å². The highest BCUT2D eigenvalue weighted by atomic mass is 19.1. The molecule has 2 amide bonds. The van der Waals surface area contributed by atoms with Crippen LogP contribution in [0.15, 0.2) is 18.2 Å². The summed E-state index contributed by atoms with van der Waals surface area (Å²) in [5, 5.41) is 2.68. The van der Waals surface area contributed by atoms with E-state index in [1.165, 1.54) is 6.07 Å². The minimum absolute atomic E-state index is 0.209. The summed E-state index contributed by atoms with van der Waals surface area (Å²) in [6.07, 6.45) is 4.23. The number of urea groups is 1. The zero-order chi connectivity index (χ0) is 15.9. The number of hydrogen-bond donors (Lipinski definition) is 1. The number of piperidine rings is 1. The molecule has 2 rings (SSSR count). The van der Waals surface area contributed by atoms with Gasteiger partial charge in [0.05, 0.1) is 5.69 Å². The summed E-state index contributed by atoms with van der Waals surface area (Å²) in [4.78, 5) is 14.1. The zero-order valence-electron chi connectivity index (χ0n) is 13.4. The van der Waals surface area contributed by atoms with Crippen molar-refractivity contribution in [3.63, 3.8) is 0 Å². The van der Waals surface area contributed by atoms with Crippen LogP contribution in [-0.4, -0.2) is 37.7 Å². The number of nitrogens with zero attached hydrogens (tertiary/aromatic N) is 1. The Balaban J connectivity index is 1.88. The van der Waals surface area contributed by atoms with Crippen molar-refractivity contribution in [2.75, 3.05) is 32.1 Å². The number of rotatable bonds is 5. The number of likely N-dealkylation sites (tertiary alicyclic amines) is 1. The minimum Gasteiger partial charge on any atom is -0.385 e. The van der Waals surface area contributed by atoms with Crippen LogP contribution in [0.4, 0.5) is 14.9 Å². The highest BCUT2D eigenvalue weighted by molar-refractivity contribution is 5.89. The van der Waals surface area contributed by atoms with Crippen LogP contribution in [0.3, 0.4) is 0 Å². The lowest BCUT2D eigenvalue weighted by Crippen LogP contribution is -2.42. The summed E-state index contributed by atoms with van der Waals surface area (Å²) in [7, 11) is 1.71. The van der Waals surface area contributed by atoms with Crippen LogP contribution >= 0.6 is 0 Å². The van der Waals surface area contributed by atoms with Gasteiger partial charge in [-0.25, -0.2) is 9.18 Å². The molecule has 1 unspecified atom stereocenters. The number of aryl methyl sites for hydroxylation is 1. The molecule has 1 N–H and O–H groups in total. The van der Waals surface area contributed by atoms with E-state index < -0.39 is 0 Å². The molecule has 0 aromatic heterocycles. The fourth-order valence-corrected chi connectivity index (χ4v) is 2.92. The molecule has 1 fully saturated rings. The second-order valence-corrected chi connectivity index (χ2v) is 6.00. The molecule has 0 spiro atoms. The van der Waals surface area contributed by atoms with Crippen molar-refractivity contribution >= 4 is 11.7 Å². The average molecular weight is 308 g/mol. The second kappa shape index (κ2) is 8.13. The van der Waals surface area contributed by atoms with Gasteiger partial charge in [0.15, 0.2) is 0 Å². The number of carbonyl (C=O) groups is 1. The minimum atomic E-state index is -0.387. The molecule has 0 bridgehead atoms. The first-order chi connectivity index (χ1) is 10.6. The van der Waals surface area contributed by atoms with Crippen molar-refractivity contribution in [3.8, 4) is 0 Å². The zero-order valence-corrected chi connectivity index (χ0v) is 13.4. The van der Waals surface area contributed by atoms with Crippen molar-refractivity contribution in [2.24, 2.45) is 5.92 Å². The smallest absolute Gasteiger partial charge is 0.321 e. The largest absolute Gasteiger partial charge is 0.385 e. The van der Waals surface area contributed by atoms with Crippen LogP contribution in [0.5, 0.6) is 0 Å². The third-order valence-electron chi connectivity index (χ3n) is 4.13. The molecule has 122 valence electrons. The van der Waals surface area contributed by atoms with E-state index in [0.717, 1.165) is 50.9 Å². The molecule has 4 nitrogen and oxygen atoms in total. The lowest BCUT2D eigenvalue weighted by atomic mass is 9.94. The number of hydrogen-bond acceptors (Lipinski definition) is 2. The normalized spacial score (nSPS) is 18.3. The maximum atomic E-state index is 13.8. The van der Waals surface area contributed by atoms with Gasteiger partial charge in [-0.3, -0.25) is 0 Å². The Morgan fingerprint density at radius 3 is 3.05 bits per heavy atom. The van der Waals surface area contributed by atoms with Crippen LogP contribution in [0.25, 0.3) is 0 Å². The van der Waals surface area contributed by atoms with Crippen molar-refractivity contribution in [1.82, 2.24) is 4.90 Å². The van der Waals surface area contributed by atoms with E-state index in [-0.39, 0.29) is 17.5 Å². The molecule has 0 aliphatic carbocycles. The van der Waals surface area contributed by atoms with Gasteiger partial charge < -0.3 is 15.0 Å². The van der Waals surface area contributed by atoms with Gasteiger partial charge in [-0.15, -0.1) is 0 Å². The quantitative estimate of drug-likeness (QED) is 0.841. The standard InChI is InChI=1S/C17H25FN2O2/c1-13-7-8-16(15(18)11-13)19-17(21)20-9-3-5-14(12-20)6-4-10-22-2/h7-8,11,14H,3-6,9-10,12H2,1-2H3,(H,19,21). The lowest BCUT2D eigenvalue weighted by molar-refractivity contribution is 0.156. The van der Waals surface area contributed by atoms with Gasteiger partial charge in [-0.1, -0.05) is 6.07 Å². The Morgan fingerprint density at radius 2 is 2.32 bits per heavy atom. The molecule has 1 saturated heterocycles. The number of halogens is 1. The first-order valence-corrected chi connectivity index (χ1v) is 7.91. The highest BCUT2D eigenvalue weighted by Gasteiger charge is 2.23. The number of nitrogens with one attached hydrogen (secondary N) is 1. The lowest BCUT2D eigenvalue weighted by Gasteiger charge is -2.32. The van der Waals surface area contributed by atoms with Gasteiger partial charge in [0.25, 0.3) is 0 Å². The van der Waals surface area contributed by atoms with Gasteiger partial charge in [-0.05, 0) is 56.2 Å². The Morgan fingerprint density at radius 1 is 1.50 bits per heavy atom. The predicted molar refractivity (Wildman–Crippen MR) is 85.6 cm³/mol. The molecule has 0 radical (unpaired) electrons. The van der Waals surface area contributed by atoms with E-state index in [2.05, 4.69) is 5.32 Å². The summed E-state index contributed by atoms with van der Waals surface area (Å²) in [6.45, 7) is 4.06. The molecule has 0 saturated carbocycles. The van der Waals surface area contributed by atoms with E-state index in [9.17, 15) is 9.18 Å². The second-order valence-electron chi connectivity index (χ2n) is 6.00. The SMILES string of the molecule is COCCCC1CCCN(C(=O)Nc2ccc(C)cc2F)C1. The third kappa shape index (κ3) is 4.70. The number of anilines is 1. The van der Waals surface area contributed by atoms with Crippen LogP contribution in [-0.2, 0) is 4.74 Å². The van der Waals surface area contributed by atoms with Crippen molar-refractivity contribution < 1.29 is 13.9 Å². The van der Waals surface area contributed by atoms with Gasteiger partial charge in [0.2, 0.25) is 0 Å². The van der Waals surface area contributed by atoms with Crippen LogP contribution < -0.4 is 5.32 Å². The number of carbonyl (C=O) groups excluding carboxylic acids is 1. The van der Waals surface area contributed by atoms with Crippen LogP contribution in [0, 0.1) is 18.7 Å². The summed E-state index contributed by atoms with van der Waals surface area (Å²) in [6, 6.07) is 4.63. The molecule has 1 atom stereocenters. The Bertz CT molecular complexity index is 507. The van der Waals surface area contributed by atoms with Gasteiger partial charge in [0, 0.05) is 26.8 Å². The third-order valence-corrected chi connectivity index (χ3v) is 4.13. The van der Waals surface area contributed by atoms with Gasteiger partial charge in [-0.2, -0.15) is 0 Å². The van der Waals surface area contributed by atoms with Crippen molar-refractivity contribution in [3.05, 3.63) is 29.6 Å². The average Bonchev–Trinajstić information content (AvgIpc) is 2.50. The molecule has 1 aromatic carbocycles. The van der Waals surface area contributed by atoms with Gasteiger partial charge in [0.1, 0.15) is 5.82 Å². The van der Waals surface area contributed by atoms with E-state index in [1.54, 1.807) is 24.1 Å². The predicted octanol–water partition coefficient (Wildman–Crippen LogP) is 3.80. The maximum Gasteiger partial charge on any atom is 0.321 e. The molecule has 1 aromatic rings. The molecule has 1 aliphatic rings. The number of ether oxygens (including phenoxy) is 1. The summed E-state index contributed by atoms with van der Waals surface area (Å²) >= 11 is 0. The molecule has 22 heavy (non-hydrogen) atoms. The first kappa shape index (κ1) is 16.7. The molecular weight excluding hydrogens is 283 g/mol. The fourth-order valence-electron chi connectivity index (χ4n) is 2.92. The Labute approximate surface area is 131 Å². The Hall–Kier alpha value is -1.62. The number of benzene rings is 1. The van der Waals surface area contributed by atoms with E-state index in [1.807, 2.05) is 6.92 Å². The van der Waals surface area contributed by atoms with Gasteiger partial charge >= 0.3 is 6.03 Å². The van der Waals surface area contributed by atoms with E-state index >= 15 is 0 Å². The van der Waals surface area contributed by atoms with Crippen molar-refractivity contribution in [2.45, 2.75) is 32.6 Å². The van der Waals surface area contributed by atoms with Crippen LogP contribution in [0.2, 0.25) is 0 Å².